The van der Waals surface area contributed by atoms with E-state index in [1.165, 1.54) is 37.3 Å². The number of nitrogens with two attached hydrogens (primary N) is 1. The summed E-state index contributed by atoms with van der Waals surface area (Å²) in [6.45, 7) is 1.38. The zero-order chi connectivity index (χ0) is 21.2. The van der Waals surface area contributed by atoms with Crippen LogP contribution in [0.25, 0.3) is 10.8 Å². The number of carbonyl (C=O) groups excluding carboxylic acids is 2. The van der Waals surface area contributed by atoms with Gasteiger partial charge in [-0.3, -0.25) is 4.79 Å². The Morgan fingerprint density at radius 3 is 2.34 bits per heavy atom. The van der Waals surface area contributed by atoms with Gasteiger partial charge in [0.15, 0.2) is 6.10 Å². The predicted molar refractivity (Wildman–Crippen MR) is 107 cm³/mol. The molecule has 3 aromatic carbocycles. The molecular weight excluding hydrogens is 396 g/mol. The number of anilines is 1. The lowest BCUT2D eigenvalue weighted by molar-refractivity contribution is -0.123. The molecule has 0 saturated heterocycles. The van der Waals surface area contributed by atoms with E-state index in [0.29, 0.717) is 11.1 Å². The van der Waals surface area contributed by atoms with E-state index in [9.17, 15) is 23.1 Å². The Bertz CT molecular complexity index is 1190. The molecule has 3 rings (SSSR count). The van der Waals surface area contributed by atoms with Crippen LogP contribution in [0.4, 0.5) is 5.69 Å². The first-order valence-electron chi connectivity index (χ1n) is 8.52. The minimum Gasteiger partial charge on any atom is -0.506 e. The third-order valence-corrected chi connectivity index (χ3v) is 5.15. The molecule has 0 bridgehead atoms. The van der Waals surface area contributed by atoms with Gasteiger partial charge in [0, 0.05) is 11.1 Å². The van der Waals surface area contributed by atoms with Crippen LogP contribution in [0.15, 0.2) is 65.6 Å². The molecule has 0 saturated carbocycles. The van der Waals surface area contributed by atoms with Gasteiger partial charge in [0.05, 0.1) is 4.90 Å². The minimum absolute atomic E-state index is 0.0548. The van der Waals surface area contributed by atoms with Gasteiger partial charge in [0.2, 0.25) is 10.0 Å². The number of ether oxygens (including phenoxy) is 1. The number of primary sulfonamides is 1. The molecule has 4 N–H and O–H groups in total. The van der Waals surface area contributed by atoms with Crippen LogP contribution in [0.2, 0.25) is 0 Å². The lowest BCUT2D eigenvalue weighted by atomic mass is 10.1. The Morgan fingerprint density at radius 1 is 1.03 bits per heavy atom. The number of hydrogen-bond acceptors (Lipinski definition) is 6. The van der Waals surface area contributed by atoms with E-state index in [-0.39, 0.29) is 16.2 Å². The first-order chi connectivity index (χ1) is 13.7. The molecule has 0 heterocycles. The van der Waals surface area contributed by atoms with Gasteiger partial charge in [-0.05, 0) is 42.6 Å². The van der Waals surface area contributed by atoms with Gasteiger partial charge in [-0.2, -0.15) is 0 Å². The summed E-state index contributed by atoms with van der Waals surface area (Å²) in [6.07, 6.45) is -1.16. The van der Waals surface area contributed by atoms with Gasteiger partial charge < -0.3 is 15.2 Å². The molecule has 0 fully saturated rings. The highest BCUT2D eigenvalue weighted by atomic mass is 32.2. The number of rotatable bonds is 5. The fourth-order valence-corrected chi connectivity index (χ4v) is 3.18. The van der Waals surface area contributed by atoms with E-state index >= 15 is 0 Å². The highest BCUT2D eigenvalue weighted by Gasteiger charge is 2.22. The van der Waals surface area contributed by atoms with Crippen molar-refractivity contribution in [1.29, 1.82) is 0 Å². The van der Waals surface area contributed by atoms with Crippen LogP contribution in [-0.4, -0.2) is 31.5 Å². The van der Waals surface area contributed by atoms with Crippen molar-refractivity contribution in [1.82, 2.24) is 0 Å². The van der Waals surface area contributed by atoms with Crippen molar-refractivity contribution in [2.75, 3.05) is 5.32 Å². The van der Waals surface area contributed by atoms with E-state index in [1.807, 2.05) is 6.07 Å². The van der Waals surface area contributed by atoms with Gasteiger partial charge in [0.25, 0.3) is 5.91 Å². The number of fused-ring (bicyclic) bond motifs is 1. The summed E-state index contributed by atoms with van der Waals surface area (Å²) in [5, 5.41) is 19.1. The Kier molecular flexibility index (Phi) is 5.53. The van der Waals surface area contributed by atoms with Gasteiger partial charge >= 0.3 is 5.97 Å². The lowest BCUT2D eigenvalue weighted by Crippen LogP contribution is -2.30. The molecule has 9 heteroatoms. The van der Waals surface area contributed by atoms with Crippen LogP contribution in [0.1, 0.15) is 17.3 Å². The molecule has 3 aromatic rings. The quantitative estimate of drug-likeness (QED) is 0.549. The van der Waals surface area contributed by atoms with Crippen LogP contribution < -0.4 is 10.5 Å². The van der Waals surface area contributed by atoms with Crippen molar-refractivity contribution in [3.63, 3.8) is 0 Å². The Morgan fingerprint density at radius 2 is 1.69 bits per heavy atom. The van der Waals surface area contributed by atoms with Gasteiger partial charge in [-0.15, -0.1) is 0 Å². The number of benzene rings is 3. The molecule has 1 atom stereocenters. The van der Waals surface area contributed by atoms with Crippen molar-refractivity contribution in [3.8, 4) is 5.75 Å². The molecular formula is C20H18N2O6S. The third kappa shape index (κ3) is 4.53. The smallest absolute Gasteiger partial charge is 0.342 e. The number of phenolic OH excluding ortho intramolecular Hbond substituents is 1. The normalized spacial score (nSPS) is 12.3. The number of carbonyl (C=O) groups is 2. The Hall–Kier alpha value is -3.43. The second-order valence-corrected chi connectivity index (χ2v) is 7.85. The number of aromatic hydroxyl groups is 1. The zero-order valence-electron chi connectivity index (χ0n) is 15.3. The summed E-state index contributed by atoms with van der Waals surface area (Å²) in [5.41, 5.74) is 0.250. The number of hydrogen-bond donors (Lipinski definition) is 3. The Labute approximate surface area is 167 Å². The molecule has 0 aliphatic heterocycles. The molecule has 1 amide bonds. The van der Waals surface area contributed by atoms with Crippen molar-refractivity contribution < 1.29 is 27.9 Å². The summed E-state index contributed by atoms with van der Waals surface area (Å²) in [6, 6.07) is 15.3. The molecule has 150 valence electrons. The van der Waals surface area contributed by atoms with Gasteiger partial charge in [0.1, 0.15) is 11.3 Å². The molecule has 0 aliphatic rings. The van der Waals surface area contributed by atoms with Crippen LogP contribution in [0.5, 0.6) is 5.75 Å². The number of phenols is 1. The molecule has 0 unspecified atom stereocenters. The second-order valence-electron chi connectivity index (χ2n) is 6.29. The zero-order valence-corrected chi connectivity index (χ0v) is 16.1. The summed E-state index contributed by atoms with van der Waals surface area (Å²) in [5.74, 6) is -1.69. The summed E-state index contributed by atoms with van der Waals surface area (Å²) in [4.78, 5) is 24.6. The average Bonchev–Trinajstić information content (AvgIpc) is 2.68. The third-order valence-electron chi connectivity index (χ3n) is 4.22. The van der Waals surface area contributed by atoms with Crippen molar-refractivity contribution in [2.45, 2.75) is 17.9 Å². The van der Waals surface area contributed by atoms with Crippen molar-refractivity contribution in [2.24, 2.45) is 5.14 Å². The SMILES string of the molecule is C[C@@H](OC(=O)c1ccc2ccccc2c1O)C(=O)Nc1ccc(S(N)(=O)=O)cc1. The van der Waals surface area contributed by atoms with E-state index < -0.39 is 28.0 Å². The summed E-state index contributed by atoms with van der Waals surface area (Å²) < 4.78 is 27.7. The maximum absolute atomic E-state index is 12.4. The largest absolute Gasteiger partial charge is 0.506 e. The fourth-order valence-electron chi connectivity index (χ4n) is 2.67. The molecule has 0 aromatic heterocycles. The van der Waals surface area contributed by atoms with Crippen molar-refractivity contribution >= 4 is 38.4 Å². The summed E-state index contributed by atoms with van der Waals surface area (Å²) in [7, 11) is -3.84. The van der Waals surface area contributed by atoms with Gasteiger partial charge in [-0.25, -0.2) is 18.4 Å². The Balaban J connectivity index is 1.69. The van der Waals surface area contributed by atoms with E-state index in [0.717, 1.165) is 5.39 Å². The number of esters is 1. The summed E-state index contributed by atoms with van der Waals surface area (Å²) >= 11 is 0. The molecule has 8 nitrogen and oxygen atoms in total. The van der Waals surface area contributed by atoms with Crippen LogP contribution in [-0.2, 0) is 19.6 Å². The standard InChI is InChI=1S/C20H18N2O6S/c1-12(19(24)22-14-7-9-15(10-8-14)29(21,26)27)28-20(25)17-11-6-13-4-2-3-5-16(13)18(17)23/h2-12,23H,1H3,(H,22,24)(H2,21,26,27)/t12-/m1/s1. The van der Waals surface area contributed by atoms with E-state index in [1.54, 1.807) is 24.3 Å². The number of sulfonamides is 1. The molecule has 29 heavy (non-hydrogen) atoms. The number of amides is 1. The average molecular weight is 414 g/mol. The van der Waals surface area contributed by atoms with Gasteiger partial charge in [-0.1, -0.05) is 30.3 Å². The maximum atomic E-state index is 12.4. The topological polar surface area (TPSA) is 136 Å². The highest BCUT2D eigenvalue weighted by Crippen LogP contribution is 2.29. The molecule has 0 spiro atoms. The number of nitrogens with one attached hydrogen (secondary N) is 1. The first-order valence-corrected chi connectivity index (χ1v) is 10.1. The first kappa shape index (κ1) is 20.3. The lowest BCUT2D eigenvalue weighted by Gasteiger charge is -2.15. The van der Waals surface area contributed by atoms with Crippen molar-refractivity contribution in [3.05, 3.63) is 66.2 Å². The minimum atomic E-state index is -3.84. The van der Waals surface area contributed by atoms with Crippen LogP contribution >= 0.6 is 0 Å². The highest BCUT2D eigenvalue weighted by molar-refractivity contribution is 7.89. The second kappa shape index (κ2) is 7.90. The monoisotopic (exact) mass is 414 g/mol. The molecule has 0 aliphatic carbocycles. The molecule has 0 radical (unpaired) electrons. The van der Waals surface area contributed by atoms with E-state index in [2.05, 4.69) is 5.32 Å². The van der Waals surface area contributed by atoms with Crippen LogP contribution in [0, 0.1) is 0 Å². The fraction of sp³-hybridized carbons (Fsp3) is 0.100. The maximum Gasteiger partial charge on any atom is 0.342 e. The predicted octanol–water partition coefficient (Wildman–Crippen LogP) is 2.38. The van der Waals surface area contributed by atoms with Crippen LogP contribution in [0.3, 0.4) is 0 Å². The van der Waals surface area contributed by atoms with E-state index in [4.69, 9.17) is 9.88 Å².